The monoisotopic (exact) mass is 414 g/mol. The van der Waals surface area contributed by atoms with Crippen molar-refractivity contribution in [1.29, 1.82) is 0 Å². The Balaban J connectivity index is 1.60. The van der Waals surface area contributed by atoms with Gasteiger partial charge in [-0.2, -0.15) is 0 Å². The van der Waals surface area contributed by atoms with Gasteiger partial charge in [0.05, 0.1) is 24.5 Å². The first-order valence-corrected chi connectivity index (χ1v) is 10.4. The summed E-state index contributed by atoms with van der Waals surface area (Å²) in [7, 11) is 0. The van der Waals surface area contributed by atoms with Crippen molar-refractivity contribution in [3.8, 4) is 0 Å². The van der Waals surface area contributed by atoms with Crippen LogP contribution >= 0.6 is 12.2 Å². The van der Waals surface area contributed by atoms with Gasteiger partial charge in [0, 0.05) is 23.8 Å². The van der Waals surface area contributed by atoms with Crippen LogP contribution in [0.5, 0.6) is 0 Å². The van der Waals surface area contributed by atoms with E-state index in [1.54, 1.807) is 6.26 Å². The summed E-state index contributed by atoms with van der Waals surface area (Å²) in [6.45, 7) is 2.75. The van der Waals surface area contributed by atoms with Crippen molar-refractivity contribution in [2.75, 3.05) is 4.90 Å². The topological polar surface area (TPSA) is 46.2 Å². The molecule has 0 spiro atoms. The number of hydrogen-bond donors (Lipinski definition) is 1. The lowest BCUT2D eigenvalue weighted by molar-refractivity contribution is 0.475. The van der Waals surface area contributed by atoms with Crippen LogP contribution in [0.15, 0.2) is 89.8 Å². The maximum absolute atomic E-state index is 5.80. The summed E-state index contributed by atoms with van der Waals surface area (Å²) in [5.41, 5.74) is 4.39. The number of nitrogens with one attached hydrogen (secondary N) is 1. The predicted octanol–water partition coefficient (Wildman–Crippen LogP) is 5.01. The Hall–Kier alpha value is -3.38. The Morgan fingerprint density at radius 2 is 1.90 bits per heavy atom. The zero-order valence-electron chi connectivity index (χ0n) is 16.6. The van der Waals surface area contributed by atoms with Crippen molar-refractivity contribution in [2.45, 2.75) is 25.6 Å². The molecule has 30 heavy (non-hydrogen) atoms. The molecule has 1 saturated heterocycles. The van der Waals surface area contributed by atoms with Gasteiger partial charge < -0.3 is 19.2 Å². The number of aromatic nitrogens is 2. The standard InChI is InChI=1S/C24H22N4OS/c1-17-9-11-18(12-10-17)28-23(22(26-24(28)30)20-7-2-3-13-25-20)21-8-4-14-27(21)16-19-6-5-15-29-19/h2-15,22-23H,16H2,1H3,(H,26,30)/t22-,23+/m1/s1. The Morgan fingerprint density at radius 1 is 1.03 bits per heavy atom. The zero-order valence-corrected chi connectivity index (χ0v) is 17.4. The van der Waals surface area contributed by atoms with E-state index in [-0.39, 0.29) is 12.1 Å². The van der Waals surface area contributed by atoms with Gasteiger partial charge in [0.25, 0.3) is 0 Å². The fourth-order valence-corrected chi connectivity index (χ4v) is 4.39. The van der Waals surface area contributed by atoms with Crippen LogP contribution in [0, 0.1) is 6.92 Å². The number of anilines is 1. The number of hydrogen-bond acceptors (Lipinski definition) is 3. The third-order valence-corrected chi connectivity index (χ3v) is 5.80. The molecule has 0 unspecified atom stereocenters. The molecule has 5 rings (SSSR count). The lowest BCUT2D eigenvalue weighted by atomic mass is 10.0. The van der Waals surface area contributed by atoms with Gasteiger partial charge in [0.15, 0.2) is 5.11 Å². The quantitative estimate of drug-likeness (QED) is 0.465. The molecule has 2 atom stereocenters. The Bertz CT molecular complexity index is 1140. The average molecular weight is 415 g/mol. The van der Waals surface area contributed by atoms with Crippen LogP contribution in [0.4, 0.5) is 5.69 Å². The number of furan rings is 1. The normalized spacial score (nSPS) is 18.6. The van der Waals surface area contributed by atoms with Gasteiger partial charge in [0.1, 0.15) is 11.8 Å². The second-order valence-corrected chi connectivity index (χ2v) is 7.86. The van der Waals surface area contributed by atoms with E-state index < -0.39 is 0 Å². The smallest absolute Gasteiger partial charge is 0.174 e. The van der Waals surface area contributed by atoms with E-state index in [2.05, 4.69) is 69.3 Å². The third-order valence-electron chi connectivity index (χ3n) is 5.48. The summed E-state index contributed by atoms with van der Waals surface area (Å²) in [6, 6.07) is 22.5. The molecule has 0 amide bonds. The molecule has 0 aliphatic carbocycles. The van der Waals surface area contributed by atoms with Gasteiger partial charge in [-0.1, -0.05) is 23.8 Å². The van der Waals surface area contributed by atoms with E-state index in [1.807, 2.05) is 36.5 Å². The van der Waals surface area contributed by atoms with Crippen LogP contribution in [0.1, 0.15) is 34.8 Å². The Morgan fingerprint density at radius 3 is 2.63 bits per heavy atom. The highest BCUT2D eigenvalue weighted by Crippen LogP contribution is 2.41. The Kier molecular flexibility index (Phi) is 4.85. The van der Waals surface area contributed by atoms with Gasteiger partial charge in [-0.25, -0.2) is 0 Å². The van der Waals surface area contributed by atoms with Gasteiger partial charge in [-0.05, 0) is 67.7 Å². The van der Waals surface area contributed by atoms with E-state index in [4.69, 9.17) is 16.6 Å². The number of rotatable bonds is 5. The molecule has 1 fully saturated rings. The predicted molar refractivity (Wildman–Crippen MR) is 121 cm³/mol. The SMILES string of the molecule is Cc1ccc(N2C(=S)N[C@H](c3ccccn3)[C@@H]2c2cccn2Cc2ccco2)cc1. The summed E-state index contributed by atoms with van der Waals surface area (Å²) < 4.78 is 7.81. The molecule has 0 radical (unpaired) electrons. The minimum Gasteiger partial charge on any atom is -0.467 e. The molecule has 5 nitrogen and oxygen atoms in total. The number of thiocarbonyl (C=S) groups is 1. The maximum atomic E-state index is 5.80. The first-order valence-electron chi connectivity index (χ1n) is 9.95. The molecule has 3 aromatic heterocycles. The average Bonchev–Trinajstić information content (AvgIpc) is 3.50. The molecular weight excluding hydrogens is 392 g/mol. The number of aryl methyl sites for hydroxylation is 1. The van der Waals surface area contributed by atoms with Crippen LogP contribution in [0.25, 0.3) is 0 Å². The van der Waals surface area contributed by atoms with Crippen LogP contribution in [-0.4, -0.2) is 14.7 Å². The van der Waals surface area contributed by atoms with Crippen LogP contribution < -0.4 is 10.2 Å². The molecule has 1 aliphatic heterocycles. The highest BCUT2D eigenvalue weighted by molar-refractivity contribution is 7.80. The summed E-state index contributed by atoms with van der Waals surface area (Å²) in [4.78, 5) is 6.82. The minimum absolute atomic E-state index is 0.0416. The highest BCUT2D eigenvalue weighted by Gasteiger charge is 2.42. The Labute approximate surface area is 181 Å². The molecule has 4 aromatic rings. The second-order valence-electron chi connectivity index (χ2n) is 7.47. The van der Waals surface area contributed by atoms with E-state index in [0.29, 0.717) is 11.7 Å². The van der Waals surface area contributed by atoms with Gasteiger partial charge in [-0.15, -0.1) is 0 Å². The molecule has 1 aliphatic rings. The molecule has 0 bridgehead atoms. The summed E-state index contributed by atoms with van der Waals surface area (Å²) in [5, 5.41) is 4.22. The van der Waals surface area contributed by atoms with E-state index in [0.717, 1.165) is 22.8 Å². The highest BCUT2D eigenvalue weighted by atomic mass is 32.1. The van der Waals surface area contributed by atoms with E-state index in [9.17, 15) is 0 Å². The van der Waals surface area contributed by atoms with Crippen molar-refractivity contribution in [2.24, 2.45) is 0 Å². The number of nitrogens with zero attached hydrogens (tertiary/aromatic N) is 3. The summed E-state index contributed by atoms with van der Waals surface area (Å²) in [5.74, 6) is 0.914. The number of benzene rings is 1. The van der Waals surface area contributed by atoms with Gasteiger partial charge >= 0.3 is 0 Å². The third kappa shape index (κ3) is 3.39. The lowest BCUT2D eigenvalue weighted by Gasteiger charge is -2.29. The molecule has 6 heteroatoms. The summed E-state index contributed by atoms with van der Waals surface area (Å²) in [6.07, 6.45) is 5.62. The van der Waals surface area contributed by atoms with E-state index >= 15 is 0 Å². The molecule has 150 valence electrons. The minimum atomic E-state index is -0.0646. The van der Waals surface area contributed by atoms with Crippen LogP contribution in [0.3, 0.4) is 0 Å². The van der Waals surface area contributed by atoms with Gasteiger partial charge in [0.2, 0.25) is 0 Å². The van der Waals surface area contributed by atoms with Crippen molar-refractivity contribution >= 4 is 23.0 Å². The molecule has 4 heterocycles. The van der Waals surface area contributed by atoms with Crippen molar-refractivity contribution in [3.63, 3.8) is 0 Å². The fourth-order valence-electron chi connectivity index (χ4n) is 4.05. The van der Waals surface area contributed by atoms with Crippen LogP contribution in [0.2, 0.25) is 0 Å². The first kappa shape index (κ1) is 18.6. The van der Waals surface area contributed by atoms with Gasteiger partial charge in [-0.3, -0.25) is 4.98 Å². The molecule has 1 aromatic carbocycles. The molecule has 0 saturated carbocycles. The zero-order chi connectivity index (χ0) is 20.5. The van der Waals surface area contributed by atoms with Crippen molar-refractivity contribution in [3.05, 3.63) is 108 Å². The maximum Gasteiger partial charge on any atom is 0.174 e. The second kappa shape index (κ2) is 7.80. The van der Waals surface area contributed by atoms with E-state index in [1.165, 1.54) is 5.56 Å². The van der Waals surface area contributed by atoms with Crippen molar-refractivity contribution in [1.82, 2.24) is 14.9 Å². The summed E-state index contributed by atoms with van der Waals surface area (Å²) >= 11 is 5.80. The van der Waals surface area contributed by atoms with Crippen LogP contribution in [-0.2, 0) is 6.54 Å². The van der Waals surface area contributed by atoms with Crippen molar-refractivity contribution < 1.29 is 4.42 Å². The largest absolute Gasteiger partial charge is 0.467 e. The number of pyridine rings is 1. The first-order chi connectivity index (χ1) is 14.7. The lowest BCUT2D eigenvalue weighted by Crippen LogP contribution is -2.30. The molecule has 1 N–H and O–H groups in total. The fraction of sp³-hybridized carbons (Fsp3) is 0.167. The molecular formula is C24H22N4OS.